The van der Waals surface area contributed by atoms with E-state index in [0.717, 1.165) is 16.9 Å². The van der Waals surface area contributed by atoms with Gasteiger partial charge in [-0.25, -0.2) is 4.39 Å². The van der Waals surface area contributed by atoms with Gasteiger partial charge in [0.1, 0.15) is 5.82 Å². The van der Waals surface area contributed by atoms with Gasteiger partial charge < -0.3 is 9.80 Å². The Morgan fingerprint density at radius 3 is 2.48 bits per heavy atom. The van der Waals surface area contributed by atoms with Crippen molar-refractivity contribution in [1.82, 2.24) is 4.90 Å². The van der Waals surface area contributed by atoms with Crippen molar-refractivity contribution in [2.24, 2.45) is 0 Å². The third kappa shape index (κ3) is 3.58. The van der Waals surface area contributed by atoms with Crippen LogP contribution in [0.2, 0.25) is 0 Å². The molecule has 1 aromatic heterocycles. The number of amides is 1. The zero-order chi connectivity index (χ0) is 18.0. The first-order valence-electron chi connectivity index (χ1n) is 8.42. The molecule has 0 atom stereocenters. The third-order valence-corrected chi connectivity index (χ3v) is 5.53. The van der Waals surface area contributed by atoms with Crippen molar-refractivity contribution in [3.8, 4) is 0 Å². The Labute approximate surface area is 150 Å². The van der Waals surface area contributed by atoms with Crippen molar-refractivity contribution < 1.29 is 14.0 Å². The standard InChI is InChI=1S/C19H21FN2O2S/c1-3-14-6-11-25-18(14)19(24)22-9-7-21(8-10-22)17-5-4-15(13(2)23)12-16(17)20/h4-6,11-12H,3,7-10H2,1-2H3. The lowest BCUT2D eigenvalue weighted by molar-refractivity contribution is 0.0750. The molecule has 1 aromatic carbocycles. The van der Waals surface area contributed by atoms with Gasteiger partial charge in [0.05, 0.1) is 10.6 Å². The minimum absolute atomic E-state index is 0.0684. The molecule has 0 bridgehead atoms. The second-order valence-corrected chi connectivity index (χ2v) is 7.05. The van der Waals surface area contributed by atoms with E-state index in [-0.39, 0.29) is 17.5 Å². The molecule has 132 valence electrons. The van der Waals surface area contributed by atoms with Gasteiger partial charge in [0.25, 0.3) is 5.91 Å². The van der Waals surface area contributed by atoms with Crippen molar-refractivity contribution in [3.63, 3.8) is 0 Å². The number of Topliss-reactive ketones (excluding diaryl/α,β-unsaturated/α-hetero) is 1. The van der Waals surface area contributed by atoms with Gasteiger partial charge in [0.15, 0.2) is 5.78 Å². The van der Waals surface area contributed by atoms with Gasteiger partial charge in [-0.15, -0.1) is 11.3 Å². The Morgan fingerprint density at radius 2 is 1.88 bits per heavy atom. The van der Waals surface area contributed by atoms with Gasteiger partial charge in [-0.3, -0.25) is 9.59 Å². The van der Waals surface area contributed by atoms with Crippen LogP contribution in [0.25, 0.3) is 0 Å². The van der Waals surface area contributed by atoms with Crippen LogP contribution in [0.15, 0.2) is 29.6 Å². The van der Waals surface area contributed by atoms with E-state index in [1.54, 1.807) is 12.1 Å². The van der Waals surface area contributed by atoms with Gasteiger partial charge in [0.2, 0.25) is 0 Å². The molecule has 1 amide bonds. The molecule has 0 saturated carbocycles. The predicted molar refractivity (Wildman–Crippen MR) is 98.2 cm³/mol. The molecule has 1 fully saturated rings. The molecule has 0 radical (unpaired) electrons. The van der Waals surface area contributed by atoms with Gasteiger partial charge >= 0.3 is 0 Å². The van der Waals surface area contributed by atoms with Crippen LogP contribution >= 0.6 is 11.3 Å². The number of hydrogen-bond donors (Lipinski definition) is 0. The zero-order valence-corrected chi connectivity index (χ0v) is 15.2. The molecule has 1 saturated heterocycles. The second kappa shape index (κ2) is 7.35. The topological polar surface area (TPSA) is 40.6 Å². The predicted octanol–water partition coefficient (Wildman–Crippen LogP) is 3.61. The molecule has 3 rings (SSSR count). The van der Waals surface area contributed by atoms with E-state index in [4.69, 9.17) is 0 Å². The van der Waals surface area contributed by atoms with Crippen LogP contribution in [-0.2, 0) is 6.42 Å². The van der Waals surface area contributed by atoms with Crippen LogP contribution in [-0.4, -0.2) is 42.8 Å². The number of carbonyl (C=O) groups is 2. The Hall–Kier alpha value is -2.21. The molecule has 2 aromatic rings. The zero-order valence-electron chi connectivity index (χ0n) is 14.4. The Bertz CT molecular complexity index is 794. The summed E-state index contributed by atoms with van der Waals surface area (Å²) in [6, 6.07) is 6.59. The third-order valence-electron chi connectivity index (χ3n) is 4.58. The smallest absolute Gasteiger partial charge is 0.264 e. The number of carbonyl (C=O) groups excluding carboxylic acids is 2. The van der Waals surface area contributed by atoms with E-state index in [0.29, 0.717) is 37.4 Å². The highest BCUT2D eigenvalue weighted by molar-refractivity contribution is 7.12. The molecule has 0 unspecified atom stereocenters. The molecule has 25 heavy (non-hydrogen) atoms. The number of rotatable bonds is 4. The normalized spacial score (nSPS) is 14.7. The van der Waals surface area contributed by atoms with E-state index >= 15 is 0 Å². The molecular formula is C19H21FN2O2S. The van der Waals surface area contributed by atoms with Crippen molar-refractivity contribution >= 4 is 28.7 Å². The molecule has 1 aliphatic rings. The largest absolute Gasteiger partial charge is 0.366 e. The summed E-state index contributed by atoms with van der Waals surface area (Å²) in [5.74, 6) is -0.471. The number of thiophene rings is 1. The molecular weight excluding hydrogens is 339 g/mol. The highest BCUT2D eigenvalue weighted by Gasteiger charge is 2.25. The Morgan fingerprint density at radius 1 is 1.16 bits per heavy atom. The van der Waals surface area contributed by atoms with E-state index in [2.05, 4.69) is 0 Å². The van der Waals surface area contributed by atoms with Crippen LogP contribution < -0.4 is 4.90 Å². The summed E-state index contributed by atoms with van der Waals surface area (Å²) in [5.41, 5.74) is 1.95. The van der Waals surface area contributed by atoms with Crippen LogP contribution in [0.3, 0.4) is 0 Å². The summed E-state index contributed by atoms with van der Waals surface area (Å²) >= 11 is 1.48. The Balaban J connectivity index is 1.68. The highest BCUT2D eigenvalue weighted by Crippen LogP contribution is 2.24. The SMILES string of the molecule is CCc1ccsc1C(=O)N1CCN(c2ccc(C(C)=O)cc2F)CC1. The number of hydrogen-bond acceptors (Lipinski definition) is 4. The minimum Gasteiger partial charge on any atom is -0.366 e. The summed E-state index contributed by atoms with van der Waals surface area (Å²) in [4.78, 5) is 28.6. The van der Waals surface area contributed by atoms with Gasteiger partial charge in [0, 0.05) is 31.7 Å². The molecule has 4 nitrogen and oxygen atoms in total. The van der Waals surface area contributed by atoms with Crippen molar-refractivity contribution in [2.75, 3.05) is 31.1 Å². The fraction of sp³-hybridized carbons (Fsp3) is 0.368. The van der Waals surface area contributed by atoms with Crippen molar-refractivity contribution in [2.45, 2.75) is 20.3 Å². The summed E-state index contributed by atoms with van der Waals surface area (Å²) < 4.78 is 14.3. The van der Waals surface area contributed by atoms with E-state index in [1.165, 1.54) is 24.3 Å². The first kappa shape index (κ1) is 17.6. The fourth-order valence-electron chi connectivity index (χ4n) is 3.08. The van der Waals surface area contributed by atoms with E-state index in [9.17, 15) is 14.0 Å². The average Bonchev–Trinajstić information content (AvgIpc) is 3.10. The van der Waals surface area contributed by atoms with Crippen LogP contribution in [0, 0.1) is 5.82 Å². The first-order chi connectivity index (χ1) is 12.0. The summed E-state index contributed by atoms with van der Waals surface area (Å²) in [6.07, 6.45) is 0.845. The lowest BCUT2D eigenvalue weighted by atomic mass is 10.1. The molecule has 0 spiro atoms. The maximum atomic E-state index is 14.3. The summed E-state index contributed by atoms with van der Waals surface area (Å²) in [6.45, 7) is 5.75. The van der Waals surface area contributed by atoms with Crippen molar-refractivity contribution in [1.29, 1.82) is 0 Å². The van der Waals surface area contributed by atoms with Crippen LogP contribution in [0.4, 0.5) is 10.1 Å². The highest BCUT2D eigenvalue weighted by atomic mass is 32.1. The van der Waals surface area contributed by atoms with Gasteiger partial charge in [-0.05, 0) is 48.6 Å². The summed E-state index contributed by atoms with van der Waals surface area (Å²) in [5, 5.41) is 1.95. The maximum Gasteiger partial charge on any atom is 0.264 e. The second-order valence-electron chi connectivity index (χ2n) is 6.13. The van der Waals surface area contributed by atoms with E-state index in [1.807, 2.05) is 28.2 Å². The monoisotopic (exact) mass is 360 g/mol. The number of benzene rings is 1. The van der Waals surface area contributed by atoms with Gasteiger partial charge in [-0.1, -0.05) is 6.92 Å². The van der Waals surface area contributed by atoms with Crippen molar-refractivity contribution in [3.05, 3.63) is 51.5 Å². The molecule has 0 N–H and O–H groups in total. The van der Waals surface area contributed by atoms with Crippen LogP contribution in [0.5, 0.6) is 0 Å². The number of nitrogens with zero attached hydrogens (tertiary/aromatic N) is 2. The fourth-order valence-corrected chi connectivity index (χ4v) is 4.04. The lowest BCUT2D eigenvalue weighted by Crippen LogP contribution is -2.49. The molecule has 0 aliphatic carbocycles. The van der Waals surface area contributed by atoms with Gasteiger partial charge in [-0.2, -0.15) is 0 Å². The number of aryl methyl sites for hydroxylation is 1. The summed E-state index contributed by atoms with van der Waals surface area (Å²) in [7, 11) is 0. The molecule has 2 heterocycles. The minimum atomic E-state index is -0.390. The average molecular weight is 360 g/mol. The number of piperazine rings is 1. The quantitative estimate of drug-likeness (QED) is 0.782. The number of anilines is 1. The molecule has 1 aliphatic heterocycles. The number of ketones is 1. The first-order valence-corrected chi connectivity index (χ1v) is 9.30. The van der Waals surface area contributed by atoms with Crippen LogP contribution in [0.1, 0.15) is 39.4 Å². The Kier molecular flexibility index (Phi) is 5.18. The molecule has 6 heteroatoms. The maximum absolute atomic E-state index is 14.3. The number of halogens is 1. The lowest BCUT2D eigenvalue weighted by Gasteiger charge is -2.36. The van der Waals surface area contributed by atoms with E-state index < -0.39 is 0 Å².